The minimum atomic E-state index is -0.764. The molecule has 0 saturated heterocycles. The number of hydrogen-bond donors (Lipinski definition) is 1. The van der Waals surface area contributed by atoms with Gasteiger partial charge in [-0.1, -0.05) is 167 Å². The molecule has 0 saturated carbocycles. The van der Waals surface area contributed by atoms with Crippen molar-refractivity contribution in [3.05, 3.63) is 24.3 Å². The van der Waals surface area contributed by atoms with Crippen molar-refractivity contribution in [2.24, 2.45) is 0 Å². The molecule has 45 heavy (non-hydrogen) atoms. The van der Waals surface area contributed by atoms with Gasteiger partial charge in [-0.05, 0) is 44.9 Å². The Morgan fingerprint density at radius 2 is 0.889 bits per heavy atom. The summed E-state index contributed by atoms with van der Waals surface area (Å²) in [7, 11) is 0. The van der Waals surface area contributed by atoms with Crippen LogP contribution in [0.15, 0.2) is 24.3 Å². The van der Waals surface area contributed by atoms with E-state index >= 15 is 0 Å². The Labute approximate surface area is 279 Å². The second kappa shape index (κ2) is 36.8. The number of rotatable bonds is 35. The van der Waals surface area contributed by atoms with Gasteiger partial charge in [-0.2, -0.15) is 0 Å². The van der Waals surface area contributed by atoms with E-state index in [4.69, 9.17) is 9.47 Å². The number of hydrogen-bond acceptors (Lipinski definition) is 5. The first-order valence-corrected chi connectivity index (χ1v) is 19.4. The first-order chi connectivity index (χ1) is 22.1. The van der Waals surface area contributed by atoms with E-state index in [9.17, 15) is 14.7 Å². The summed E-state index contributed by atoms with van der Waals surface area (Å²) in [5, 5.41) is 9.48. The third kappa shape index (κ3) is 35.1. The van der Waals surface area contributed by atoms with Gasteiger partial charge in [-0.3, -0.25) is 9.59 Å². The van der Waals surface area contributed by atoms with Crippen LogP contribution in [0, 0.1) is 0 Å². The summed E-state index contributed by atoms with van der Waals surface area (Å²) >= 11 is 0. The van der Waals surface area contributed by atoms with Crippen LogP contribution < -0.4 is 0 Å². The van der Waals surface area contributed by atoms with Gasteiger partial charge in [-0.25, -0.2) is 0 Å². The van der Waals surface area contributed by atoms with Crippen molar-refractivity contribution < 1.29 is 24.2 Å². The largest absolute Gasteiger partial charge is 0.462 e. The lowest BCUT2D eigenvalue weighted by Crippen LogP contribution is -2.28. The van der Waals surface area contributed by atoms with Crippen LogP contribution in [0.5, 0.6) is 0 Å². The van der Waals surface area contributed by atoms with Gasteiger partial charge in [0, 0.05) is 12.8 Å². The molecule has 0 amide bonds. The molecular formula is C40H74O5. The number of unbranched alkanes of at least 4 members (excludes halogenated alkanes) is 23. The Kier molecular flexibility index (Phi) is 35.5. The maximum Gasteiger partial charge on any atom is 0.306 e. The average Bonchev–Trinajstić information content (AvgIpc) is 3.04. The topological polar surface area (TPSA) is 72.8 Å². The Hall–Kier alpha value is -1.62. The molecule has 0 aliphatic rings. The Bertz CT molecular complexity index is 686. The van der Waals surface area contributed by atoms with Crippen molar-refractivity contribution in [3.8, 4) is 0 Å². The molecule has 0 aromatic carbocycles. The molecule has 5 heteroatoms. The molecule has 0 bridgehead atoms. The lowest BCUT2D eigenvalue weighted by Gasteiger charge is -2.15. The van der Waals surface area contributed by atoms with Gasteiger partial charge in [0.25, 0.3) is 0 Å². The van der Waals surface area contributed by atoms with Gasteiger partial charge in [0.2, 0.25) is 0 Å². The second-order valence-electron chi connectivity index (χ2n) is 13.0. The molecule has 1 atom stereocenters. The maximum absolute atomic E-state index is 12.1. The van der Waals surface area contributed by atoms with E-state index in [1.807, 2.05) is 0 Å². The first-order valence-electron chi connectivity index (χ1n) is 19.4. The van der Waals surface area contributed by atoms with Crippen LogP contribution in [0.2, 0.25) is 0 Å². The highest BCUT2D eigenvalue weighted by molar-refractivity contribution is 5.70. The predicted octanol–water partition coefficient (Wildman–Crippen LogP) is 11.9. The Balaban J connectivity index is 3.44. The Morgan fingerprint density at radius 3 is 1.31 bits per heavy atom. The van der Waals surface area contributed by atoms with Crippen molar-refractivity contribution in [2.45, 2.75) is 206 Å². The molecular weight excluding hydrogens is 560 g/mol. The molecule has 1 unspecified atom stereocenters. The quantitative estimate of drug-likeness (QED) is 0.0426. The number of ether oxygens (including phenoxy) is 2. The highest BCUT2D eigenvalue weighted by Gasteiger charge is 2.16. The molecule has 0 aliphatic carbocycles. The van der Waals surface area contributed by atoms with E-state index in [1.165, 1.54) is 128 Å². The summed E-state index contributed by atoms with van der Waals surface area (Å²) in [4.78, 5) is 24.0. The van der Waals surface area contributed by atoms with Gasteiger partial charge in [0.1, 0.15) is 6.61 Å². The van der Waals surface area contributed by atoms with E-state index in [-0.39, 0.29) is 25.2 Å². The van der Waals surface area contributed by atoms with Gasteiger partial charge < -0.3 is 14.6 Å². The number of carbonyl (C=O) groups is 2. The molecule has 0 spiro atoms. The highest BCUT2D eigenvalue weighted by Crippen LogP contribution is 2.14. The van der Waals surface area contributed by atoms with E-state index in [2.05, 4.69) is 38.2 Å². The summed E-state index contributed by atoms with van der Waals surface area (Å²) in [6, 6.07) is 0. The van der Waals surface area contributed by atoms with Crippen LogP contribution in [0.3, 0.4) is 0 Å². The lowest BCUT2D eigenvalue weighted by atomic mass is 10.0. The molecule has 0 radical (unpaired) electrons. The Morgan fingerprint density at radius 1 is 0.511 bits per heavy atom. The van der Waals surface area contributed by atoms with E-state index in [0.29, 0.717) is 12.8 Å². The standard InChI is InChI=1S/C40H74O5/c1-3-5-7-9-11-12-13-14-15-16-17-18-19-20-21-22-23-24-25-26-27-28-29-31-33-35-40(43)45-38(36-41)37-44-39(42)34-32-30-10-8-6-4-2/h13-14,16-17,38,41H,3-12,15,18-37H2,1-2H3/b14-13-,17-16-. The molecule has 264 valence electrons. The van der Waals surface area contributed by atoms with E-state index in [0.717, 1.165) is 44.9 Å². The van der Waals surface area contributed by atoms with Gasteiger partial charge >= 0.3 is 11.9 Å². The number of carbonyl (C=O) groups excluding carboxylic acids is 2. The molecule has 0 fully saturated rings. The van der Waals surface area contributed by atoms with Crippen LogP contribution in [0.25, 0.3) is 0 Å². The van der Waals surface area contributed by atoms with Gasteiger partial charge in [0.15, 0.2) is 6.10 Å². The molecule has 5 nitrogen and oxygen atoms in total. The van der Waals surface area contributed by atoms with Crippen molar-refractivity contribution in [3.63, 3.8) is 0 Å². The number of aliphatic hydroxyl groups excluding tert-OH is 1. The van der Waals surface area contributed by atoms with Gasteiger partial charge in [0.05, 0.1) is 6.61 Å². The molecule has 0 rings (SSSR count). The highest BCUT2D eigenvalue weighted by atomic mass is 16.6. The molecule has 0 aromatic heterocycles. The minimum absolute atomic E-state index is 0.0633. The van der Waals surface area contributed by atoms with Crippen molar-refractivity contribution in [1.29, 1.82) is 0 Å². The first kappa shape index (κ1) is 43.4. The van der Waals surface area contributed by atoms with Crippen LogP contribution in [0.4, 0.5) is 0 Å². The fraction of sp³-hybridized carbons (Fsp3) is 0.850. The normalized spacial score (nSPS) is 12.3. The third-order valence-electron chi connectivity index (χ3n) is 8.50. The van der Waals surface area contributed by atoms with Gasteiger partial charge in [-0.15, -0.1) is 0 Å². The zero-order valence-electron chi connectivity index (χ0n) is 29.9. The van der Waals surface area contributed by atoms with Crippen molar-refractivity contribution in [2.75, 3.05) is 13.2 Å². The molecule has 0 aliphatic heterocycles. The second-order valence-corrected chi connectivity index (χ2v) is 13.0. The summed E-state index contributed by atoms with van der Waals surface area (Å²) in [6.45, 7) is 4.06. The van der Waals surface area contributed by atoms with E-state index < -0.39 is 6.10 Å². The lowest BCUT2D eigenvalue weighted by molar-refractivity contribution is -0.161. The van der Waals surface area contributed by atoms with Crippen molar-refractivity contribution in [1.82, 2.24) is 0 Å². The number of esters is 2. The fourth-order valence-corrected chi connectivity index (χ4v) is 5.53. The van der Waals surface area contributed by atoms with Crippen LogP contribution in [-0.2, 0) is 19.1 Å². The summed E-state index contributed by atoms with van der Waals surface area (Å²) in [5.41, 5.74) is 0. The molecule has 0 aromatic rings. The SMILES string of the molecule is CCCCCCC/C=C\C/C=C\CCCCCCCCCCCCCCCC(=O)OC(CO)COC(=O)CCCCCCCC. The number of allylic oxidation sites excluding steroid dienone is 4. The predicted molar refractivity (Wildman–Crippen MR) is 191 cm³/mol. The molecule has 1 N–H and O–H groups in total. The minimum Gasteiger partial charge on any atom is -0.462 e. The molecule has 0 heterocycles. The van der Waals surface area contributed by atoms with Crippen LogP contribution in [-0.4, -0.2) is 36.4 Å². The smallest absolute Gasteiger partial charge is 0.306 e. The monoisotopic (exact) mass is 635 g/mol. The summed E-state index contributed by atoms with van der Waals surface area (Å²) in [5.74, 6) is -0.597. The van der Waals surface area contributed by atoms with E-state index in [1.54, 1.807) is 0 Å². The zero-order chi connectivity index (χ0) is 32.9. The zero-order valence-corrected chi connectivity index (χ0v) is 29.9. The maximum atomic E-state index is 12.1. The summed E-state index contributed by atoms with van der Waals surface area (Å²) in [6.07, 6.45) is 42.7. The summed E-state index contributed by atoms with van der Waals surface area (Å²) < 4.78 is 10.5. The average molecular weight is 635 g/mol. The van der Waals surface area contributed by atoms with Crippen LogP contribution >= 0.6 is 0 Å². The van der Waals surface area contributed by atoms with Crippen molar-refractivity contribution >= 4 is 11.9 Å². The third-order valence-corrected chi connectivity index (χ3v) is 8.50. The number of aliphatic hydroxyl groups is 1. The van der Waals surface area contributed by atoms with Crippen LogP contribution in [0.1, 0.15) is 200 Å². The fourth-order valence-electron chi connectivity index (χ4n) is 5.53.